The van der Waals surface area contributed by atoms with Gasteiger partial charge in [-0.2, -0.15) is 5.26 Å². The van der Waals surface area contributed by atoms with Gasteiger partial charge in [0.25, 0.3) is 5.88 Å². The van der Waals surface area contributed by atoms with Gasteiger partial charge in [0.1, 0.15) is 5.65 Å². The lowest BCUT2D eigenvalue weighted by atomic mass is 10.0. The third-order valence-electron chi connectivity index (χ3n) is 6.55. The van der Waals surface area contributed by atoms with Crippen molar-refractivity contribution in [1.82, 2.24) is 28.8 Å². The third-order valence-corrected chi connectivity index (χ3v) is 6.55. The predicted octanol–water partition coefficient (Wildman–Crippen LogP) is 4.93. The van der Waals surface area contributed by atoms with E-state index in [9.17, 15) is 0 Å². The molecule has 0 amide bonds. The molecular weight excluding hydrogens is 450 g/mol. The third kappa shape index (κ3) is 4.53. The normalized spacial score (nSPS) is 13.8. The van der Waals surface area contributed by atoms with Gasteiger partial charge in [0.15, 0.2) is 0 Å². The lowest BCUT2D eigenvalue weighted by molar-refractivity contribution is 0.277. The van der Waals surface area contributed by atoms with Crippen LogP contribution in [0.2, 0.25) is 0 Å². The molecule has 0 N–H and O–H groups in total. The number of rotatable bonds is 3. The Labute approximate surface area is 210 Å². The van der Waals surface area contributed by atoms with Crippen molar-refractivity contribution in [2.45, 2.75) is 19.3 Å². The number of ether oxygens (including phenoxy) is 1. The Hall–Kier alpha value is -4.22. The number of hydrogen-bond acceptors (Lipinski definition) is 6. The maximum absolute atomic E-state index is 9.12. The second-order valence-electron chi connectivity index (χ2n) is 9.06. The number of fused-ring (bicyclic) bond motifs is 2. The van der Waals surface area contributed by atoms with Crippen LogP contribution in [0.4, 0.5) is 0 Å². The number of methoxy groups -OCH3 is 1. The number of pyridine rings is 1. The van der Waals surface area contributed by atoms with Crippen molar-refractivity contribution in [3.05, 3.63) is 66.7 Å². The fourth-order valence-corrected chi connectivity index (χ4v) is 4.61. The van der Waals surface area contributed by atoms with Gasteiger partial charge in [-0.3, -0.25) is 4.40 Å². The van der Waals surface area contributed by atoms with Gasteiger partial charge in [-0.1, -0.05) is 18.6 Å². The van der Waals surface area contributed by atoms with E-state index in [1.165, 1.54) is 32.4 Å². The number of hydrogen-bond donors (Lipinski definition) is 0. The zero-order chi connectivity index (χ0) is 25.1. The summed E-state index contributed by atoms with van der Waals surface area (Å²) in [4.78, 5) is 16.2. The van der Waals surface area contributed by atoms with Crippen molar-refractivity contribution in [1.29, 1.82) is 5.26 Å². The van der Waals surface area contributed by atoms with Crippen LogP contribution in [0.15, 0.2) is 61.2 Å². The molecule has 0 unspecified atom stereocenters. The first-order valence-electron chi connectivity index (χ1n) is 12.1. The van der Waals surface area contributed by atoms with Gasteiger partial charge in [-0.15, -0.1) is 0 Å². The summed E-state index contributed by atoms with van der Waals surface area (Å²) in [7, 11) is 5.75. The number of likely N-dealkylation sites (tertiary alicyclic amines) is 1. The summed E-state index contributed by atoms with van der Waals surface area (Å²) < 4.78 is 9.44. The van der Waals surface area contributed by atoms with Crippen LogP contribution in [0.5, 0.6) is 5.88 Å². The molecule has 0 aliphatic carbocycles. The smallest absolute Gasteiger partial charge is 0.258 e. The van der Waals surface area contributed by atoms with Crippen LogP contribution in [-0.4, -0.2) is 56.1 Å². The number of aromatic nitrogens is 5. The minimum absolute atomic E-state index is 0.437. The number of imidazole rings is 1. The molecule has 182 valence electrons. The maximum atomic E-state index is 9.12. The van der Waals surface area contributed by atoms with Crippen molar-refractivity contribution in [2.24, 2.45) is 7.05 Å². The molecule has 1 aliphatic heterocycles. The van der Waals surface area contributed by atoms with E-state index in [0.29, 0.717) is 17.1 Å². The van der Waals surface area contributed by atoms with E-state index in [1.54, 1.807) is 25.4 Å². The molecule has 6 rings (SSSR count). The highest BCUT2D eigenvalue weighted by atomic mass is 16.5. The molecule has 5 aromatic rings. The lowest BCUT2D eigenvalue weighted by Gasteiger charge is -2.20. The Balaban J connectivity index is 0.000000330. The van der Waals surface area contributed by atoms with E-state index < -0.39 is 0 Å². The fourth-order valence-electron chi connectivity index (χ4n) is 4.61. The summed E-state index contributed by atoms with van der Waals surface area (Å²) in [6.07, 6.45) is 11.7. The Morgan fingerprint density at radius 1 is 0.917 bits per heavy atom. The summed E-state index contributed by atoms with van der Waals surface area (Å²) in [5, 5.41) is 10.2. The lowest BCUT2D eigenvalue weighted by Crippen LogP contribution is -2.24. The topological polar surface area (TPSA) is 84.3 Å². The fraction of sp³-hybridized carbons (Fsp3) is 0.286. The molecule has 1 fully saturated rings. The molecule has 8 nitrogen and oxygen atoms in total. The van der Waals surface area contributed by atoms with E-state index in [-0.39, 0.29) is 0 Å². The van der Waals surface area contributed by atoms with Crippen LogP contribution in [0.3, 0.4) is 0 Å². The van der Waals surface area contributed by atoms with E-state index in [4.69, 9.17) is 15.0 Å². The number of nitriles is 1. The average molecular weight is 480 g/mol. The molecule has 0 radical (unpaired) electrons. The summed E-state index contributed by atoms with van der Waals surface area (Å²) in [5.41, 5.74) is 5.53. The van der Waals surface area contributed by atoms with E-state index in [1.807, 2.05) is 52.8 Å². The SMILES string of the molecule is CN1CCCCC1.COc1nc(-c2ccc(C#N)cc2)c(-c2cnc3c(ccn3C)c2)n2ccnc12. The Morgan fingerprint density at radius 2 is 1.69 bits per heavy atom. The summed E-state index contributed by atoms with van der Waals surface area (Å²) >= 11 is 0. The minimum Gasteiger partial charge on any atom is -0.478 e. The first kappa shape index (κ1) is 23.5. The van der Waals surface area contributed by atoms with Gasteiger partial charge >= 0.3 is 0 Å². The largest absolute Gasteiger partial charge is 0.478 e. The molecule has 0 bridgehead atoms. The Bertz CT molecular complexity index is 1540. The molecular formula is C28H29N7O. The van der Waals surface area contributed by atoms with Gasteiger partial charge < -0.3 is 14.2 Å². The van der Waals surface area contributed by atoms with Crippen LogP contribution in [0.25, 0.3) is 39.2 Å². The zero-order valence-corrected chi connectivity index (χ0v) is 20.8. The molecule has 4 aromatic heterocycles. The van der Waals surface area contributed by atoms with Crippen molar-refractivity contribution in [3.63, 3.8) is 0 Å². The summed E-state index contributed by atoms with van der Waals surface area (Å²) in [6.45, 7) is 2.64. The van der Waals surface area contributed by atoms with Crippen LogP contribution in [-0.2, 0) is 7.05 Å². The minimum atomic E-state index is 0.437. The first-order valence-corrected chi connectivity index (χ1v) is 12.1. The van der Waals surface area contributed by atoms with Crippen LogP contribution >= 0.6 is 0 Å². The highest BCUT2D eigenvalue weighted by Gasteiger charge is 2.19. The molecule has 0 saturated carbocycles. The van der Waals surface area contributed by atoms with Gasteiger partial charge in [0.05, 0.1) is 30.1 Å². The molecule has 8 heteroatoms. The summed E-state index contributed by atoms with van der Waals surface area (Å²) in [6, 6.07) is 13.6. The van der Waals surface area contributed by atoms with Gasteiger partial charge in [-0.25, -0.2) is 15.0 Å². The monoisotopic (exact) mass is 479 g/mol. The van der Waals surface area contributed by atoms with E-state index in [0.717, 1.165) is 33.5 Å². The quantitative estimate of drug-likeness (QED) is 0.365. The van der Waals surface area contributed by atoms with Crippen molar-refractivity contribution < 1.29 is 4.74 Å². The molecule has 5 heterocycles. The van der Waals surface area contributed by atoms with Crippen molar-refractivity contribution in [3.8, 4) is 34.5 Å². The van der Waals surface area contributed by atoms with Gasteiger partial charge in [0.2, 0.25) is 5.65 Å². The van der Waals surface area contributed by atoms with Crippen LogP contribution in [0, 0.1) is 11.3 Å². The molecule has 1 aromatic carbocycles. The average Bonchev–Trinajstić information content (AvgIpc) is 3.55. The molecule has 36 heavy (non-hydrogen) atoms. The highest BCUT2D eigenvalue weighted by Crippen LogP contribution is 2.35. The Morgan fingerprint density at radius 3 is 2.36 bits per heavy atom. The van der Waals surface area contributed by atoms with E-state index in [2.05, 4.69) is 34.1 Å². The number of nitrogens with zero attached hydrogens (tertiary/aromatic N) is 7. The maximum Gasteiger partial charge on any atom is 0.258 e. The summed E-state index contributed by atoms with van der Waals surface area (Å²) in [5.74, 6) is 0.437. The van der Waals surface area contributed by atoms with Gasteiger partial charge in [0, 0.05) is 48.3 Å². The Kier molecular flexibility index (Phi) is 6.65. The van der Waals surface area contributed by atoms with Crippen LogP contribution in [0.1, 0.15) is 24.8 Å². The standard InChI is InChI=1S/C22H16N6O.C6H13N/c1-27-9-7-16-11-17(13-25-20(16)27)19-18(15-5-3-14(12-23)4-6-15)26-22(29-2)21-24-8-10-28(19)21;1-7-5-3-2-4-6-7/h3-11,13H,1-2H3;2-6H2,1H3. The van der Waals surface area contributed by atoms with Crippen LogP contribution < -0.4 is 4.74 Å². The zero-order valence-electron chi connectivity index (χ0n) is 20.8. The predicted molar refractivity (Wildman–Crippen MR) is 141 cm³/mol. The number of piperidine rings is 1. The molecule has 1 saturated heterocycles. The van der Waals surface area contributed by atoms with Crippen molar-refractivity contribution >= 4 is 16.7 Å². The molecule has 0 spiro atoms. The van der Waals surface area contributed by atoms with Gasteiger partial charge in [-0.05, 0) is 57.2 Å². The molecule has 0 atom stereocenters. The second kappa shape index (κ2) is 10.2. The number of benzene rings is 1. The number of aryl methyl sites for hydroxylation is 1. The highest BCUT2D eigenvalue weighted by molar-refractivity contribution is 5.87. The molecule has 1 aliphatic rings. The van der Waals surface area contributed by atoms with Crippen molar-refractivity contribution in [2.75, 3.05) is 27.2 Å². The second-order valence-corrected chi connectivity index (χ2v) is 9.06. The first-order chi connectivity index (χ1) is 17.6. The van der Waals surface area contributed by atoms with E-state index >= 15 is 0 Å².